The smallest absolute Gasteiger partial charge is 0.335 e. The molecule has 0 saturated carbocycles. The van der Waals surface area contributed by atoms with Gasteiger partial charge < -0.3 is 9.64 Å². The van der Waals surface area contributed by atoms with Crippen molar-refractivity contribution in [2.75, 3.05) is 29.5 Å². The molecule has 4 amide bonds. The number of urea groups is 1. The second kappa shape index (κ2) is 9.47. The number of imide groups is 2. The zero-order chi connectivity index (χ0) is 22.5. The minimum Gasteiger partial charge on any atom is -0.494 e. The Morgan fingerprint density at radius 2 is 1.68 bits per heavy atom. The molecule has 0 aromatic heterocycles. The quantitative estimate of drug-likeness (QED) is 0.542. The second-order valence-corrected chi connectivity index (χ2v) is 7.10. The van der Waals surface area contributed by atoms with Crippen molar-refractivity contribution in [2.45, 2.75) is 27.7 Å². The number of nitrogens with one attached hydrogen (secondary N) is 1. The molecule has 1 fully saturated rings. The van der Waals surface area contributed by atoms with Crippen LogP contribution in [0, 0.1) is 6.92 Å². The predicted molar refractivity (Wildman–Crippen MR) is 121 cm³/mol. The molecule has 0 atom stereocenters. The molecular formula is C24H27N3O4. The van der Waals surface area contributed by atoms with Crippen molar-refractivity contribution in [3.05, 3.63) is 59.2 Å². The van der Waals surface area contributed by atoms with Gasteiger partial charge in [0.15, 0.2) is 0 Å². The van der Waals surface area contributed by atoms with Gasteiger partial charge in [0.1, 0.15) is 11.3 Å². The Balaban J connectivity index is 1.93. The van der Waals surface area contributed by atoms with Gasteiger partial charge in [-0.05, 0) is 81.3 Å². The minimum atomic E-state index is -0.773. The number of nitrogens with zero attached hydrogens (tertiary/aromatic N) is 2. The number of anilines is 2. The van der Waals surface area contributed by atoms with Gasteiger partial charge in [-0.1, -0.05) is 6.07 Å². The van der Waals surface area contributed by atoms with Crippen LogP contribution < -0.4 is 19.9 Å². The average molecular weight is 421 g/mol. The van der Waals surface area contributed by atoms with E-state index in [2.05, 4.69) is 24.1 Å². The fourth-order valence-electron chi connectivity index (χ4n) is 3.51. The lowest BCUT2D eigenvalue weighted by molar-refractivity contribution is -0.122. The molecule has 0 bridgehead atoms. The first-order valence-electron chi connectivity index (χ1n) is 10.4. The normalized spacial score (nSPS) is 15.3. The summed E-state index contributed by atoms with van der Waals surface area (Å²) < 4.78 is 5.40. The predicted octanol–water partition coefficient (Wildman–Crippen LogP) is 3.91. The van der Waals surface area contributed by atoms with E-state index in [4.69, 9.17) is 4.74 Å². The summed E-state index contributed by atoms with van der Waals surface area (Å²) in [5.41, 5.74) is 3.03. The molecule has 7 nitrogen and oxygen atoms in total. The van der Waals surface area contributed by atoms with Gasteiger partial charge in [-0.15, -0.1) is 0 Å². The van der Waals surface area contributed by atoms with E-state index in [1.54, 1.807) is 24.3 Å². The van der Waals surface area contributed by atoms with Crippen molar-refractivity contribution in [2.24, 2.45) is 0 Å². The minimum absolute atomic E-state index is 0.0906. The molecule has 0 unspecified atom stereocenters. The average Bonchev–Trinajstić information content (AvgIpc) is 2.74. The largest absolute Gasteiger partial charge is 0.494 e. The Bertz CT molecular complexity index is 1020. The zero-order valence-electron chi connectivity index (χ0n) is 18.3. The number of rotatable bonds is 7. The summed E-state index contributed by atoms with van der Waals surface area (Å²) in [7, 11) is 0. The van der Waals surface area contributed by atoms with E-state index in [-0.39, 0.29) is 5.57 Å². The lowest BCUT2D eigenvalue weighted by atomic mass is 10.0. The van der Waals surface area contributed by atoms with Crippen LogP contribution in [0.25, 0.3) is 6.08 Å². The number of ether oxygens (including phenoxy) is 1. The Kier molecular flexibility index (Phi) is 6.74. The Morgan fingerprint density at radius 3 is 2.26 bits per heavy atom. The van der Waals surface area contributed by atoms with Crippen molar-refractivity contribution in [1.29, 1.82) is 0 Å². The number of hydrogen-bond donors (Lipinski definition) is 1. The third kappa shape index (κ3) is 4.60. The van der Waals surface area contributed by atoms with Crippen LogP contribution in [0.5, 0.6) is 5.75 Å². The van der Waals surface area contributed by atoms with E-state index in [1.807, 2.05) is 32.0 Å². The van der Waals surface area contributed by atoms with Crippen LogP contribution in [0.4, 0.5) is 16.2 Å². The molecule has 1 aliphatic rings. The van der Waals surface area contributed by atoms with Gasteiger partial charge in [-0.2, -0.15) is 0 Å². The van der Waals surface area contributed by atoms with Gasteiger partial charge in [0.05, 0.1) is 12.3 Å². The highest BCUT2D eigenvalue weighted by atomic mass is 16.5. The number of amides is 4. The Labute approximate surface area is 182 Å². The van der Waals surface area contributed by atoms with E-state index >= 15 is 0 Å². The summed E-state index contributed by atoms with van der Waals surface area (Å²) in [5, 5.41) is 2.26. The summed E-state index contributed by atoms with van der Waals surface area (Å²) in [4.78, 5) is 41.1. The van der Waals surface area contributed by atoms with Crippen LogP contribution in [-0.2, 0) is 9.59 Å². The van der Waals surface area contributed by atoms with E-state index < -0.39 is 17.8 Å². The molecule has 1 aliphatic heterocycles. The summed E-state index contributed by atoms with van der Waals surface area (Å²) in [6.07, 6.45) is 1.53. The fourth-order valence-corrected chi connectivity index (χ4v) is 3.51. The SMILES string of the molecule is CCOc1ccc(N2C(=O)NC(=O)C(=Cc3ccc(N(CC)CC)cc3C)C2=O)cc1. The number of barbiturate groups is 1. The monoisotopic (exact) mass is 421 g/mol. The van der Waals surface area contributed by atoms with Gasteiger partial charge in [-0.3, -0.25) is 14.9 Å². The van der Waals surface area contributed by atoms with Crippen LogP contribution in [0.1, 0.15) is 31.9 Å². The standard InChI is InChI=1S/C24H27N3O4/c1-5-26(6-2)19-9-8-17(16(4)14-19)15-21-22(28)25-24(30)27(23(21)29)18-10-12-20(13-11-18)31-7-3/h8-15H,5-7H2,1-4H3,(H,25,28,30). The van der Waals surface area contributed by atoms with Gasteiger partial charge >= 0.3 is 6.03 Å². The van der Waals surface area contributed by atoms with Crippen LogP contribution in [-0.4, -0.2) is 37.5 Å². The van der Waals surface area contributed by atoms with Crippen LogP contribution in [0.2, 0.25) is 0 Å². The van der Waals surface area contributed by atoms with Crippen LogP contribution in [0.3, 0.4) is 0 Å². The highest BCUT2D eigenvalue weighted by Crippen LogP contribution is 2.26. The molecule has 2 aromatic carbocycles. The first-order chi connectivity index (χ1) is 14.9. The van der Waals surface area contributed by atoms with E-state index in [9.17, 15) is 14.4 Å². The molecule has 31 heavy (non-hydrogen) atoms. The molecule has 0 aliphatic carbocycles. The van der Waals surface area contributed by atoms with Crippen LogP contribution >= 0.6 is 0 Å². The maximum atomic E-state index is 13.1. The lowest BCUT2D eigenvalue weighted by Crippen LogP contribution is -2.54. The maximum absolute atomic E-state index is 13.1. The van der Waals surface area contributed by atoms with Crippen molar-refractivity contribution in [1.82, 2.24) is 5.32 Å². The molecule has 2 aromatic rings. The molecule has 1 heterocycles. The number of hydrogen-bond acceptors (Lipinski definition) is 5. The lowest BCUT2D eigenvalue weighted by Gasteiger charge is -2.26. The molecule has 1 saturated heterocycles. The first-order valence-corrected chi connectivity index (χ1v) is 10.4. The van der Waals surface area contributed by atoms with E-state index in [0.29, 0.717) is 18.0 Å². The summed E-state index contributed by atoms with van der Waals surface area (Å²) in [6, 6.07) is 11.7. The highest BCUT2D eigenvalue weighted by molar-refractivity contribution is 6.39. The van der Waals surface area contributed by atoms with Crippen LogP contribution in [0.15, 0.2) is 48.0 Å². The van der Waals surface area contributed by atoms with Crippen molar-refractivity contribution < 1.29 is 19.1 Å². The second-order valence-electron chi connectivity index (χ2n) is 7.10. The molecular weight excluding hydrogens is 394 g/mol. The molecule has 1 N–H and O–H groups in total. The summed E-state index contributed by atoms with van der Waals surface area (Å²) in [5.74, 6) is -0.735. The molecule has 0 radical (unpaired) electrons. The fraction of sp³-hybridized carbons (Fsp3) is 0.292. The van der Waals surface area contributed by atoms with Gasteiger partial charge in [-0.25, -0.2) is 9.69 Å². The van der Waals surface area contributed by atoms with Gasteiger partial charge in [0, 0.05) is 18.8 Å². The molecule has 7 heteroatoms. The number of benzene rings is 2. The molecule has 3 rings (SSSR count). The Morgan fingerprint density at radius 1 is 1.00 bits per heavy atom. The number of aryl methyl sites for hydroxylation is 1. The summed E-state index contributed by atoms with van der Waals surface area (Å²) in [6.45, 7) is 10.3. The maximum Gasteiger partial charge on any atom is 0.335 e. The number of carbonyl (C=O) groups is 3. The topological polar surface area (TPSA) is 79.0 Å². The molecule has 0 spiro atoms. The van der Waals surface area contributed by atoms with Crippen molar-refractivity contribution >= 4 is 35.3 Å². The van der Waals surface area contributed by atoms with Crippen molar-refractivity contribution in [3.63, 3.8) is 0 Å². The Hall–Kier alpha value is -3.61. The van der Waals surface area contributed by atoms with Gasteiger partial charge in [0.25, 0.3) is 11.8 Å². The third-order valence-electron chi connectivity index (χ3n) is 5.19. The van der Waals surface area contributed by atoms with Gasteiger partial charge in [0.2, 0.25) is 0 Å². The molecule has 162 valence electrons. The van der Waals surface area contributed by atoms with E-state index in [1.165, 1.54) is 6.08 Å². The number of carbonyl (C=O) groups excluding carboxylic acids is 3. The van der Waals surface area contributed by atoms with E-state index in [0.717, 1.165) is 34.8 Å². The van der Waals surface area contributed by atoms with Crippen molar-refractivity contribution in [3.8, 4) is 5.75 Å². The first kappa shape index (κ1) is 22.1. The third-order valence-corrected chi connectivity index (χ3v) is 5.19. The zero-order valence-corrected chi connectivity index (χ0v) is 18.3. The summed E-state index contributed by atoms with van der Waals surface area (Å²) >= 11 is 0. The highest BCUT2D eigenvalue weighted by Gasteiger charge is 2.36.